The number of hydrogen-bond donors (Lipinski definition) is 1. The second-order valence-electron chi connectivity index (χ2n) is 4.28. The van der Waals surface area contributed by atoms with Crippen molar-refractivity contribution in [3.63, 3.8) is 0 Å². The number of aryl methyl sites for hydroxylation is 1. The van der Waals surface area contributed by atoms with Crippen molar-refractivity contribution in [1.29, 1.82) is 0 Å². The maximum atomic E-state index is 12.3. The molecule has 0 saturated carbocycles. The molecule has 2 aromatic heterocycles. The summed E-state index contributed by atoms with van der Waals surface area (Å²) in [6.07, 6.45) is 0.710. The molecule has 19 heavy (non-hydrogen) atoms. The van der Waals surface area contributed by atoms with E-state index in [1.165, 1.54) is 16.2 Å². The first kappa shape index (κ1) is 15.2. The molecule has 0 bridgehead atoms. The van der Waals surface area contributed by atoms with Gasteiger partial charge >= 0.3 is 0 Å². The summed E-state index contributed by atoms with van der Waals surface area (Å²) in [4.78, 5) is 2.34. The number of halogens is 1. The lowest BCUT2D eigenvalue weighted by atomic mass is 10.2. The smallest absolute Gasteiger partial charge is 0.208 e. The Morgan fingerprint density at radius 1 is 1.47 bits per heavy atom. The van der Waals surface area contributed by atoms with E-state index in [2.05, 4.69) is 20.7 Å². The van der Waals surface area contributed by atoms with Crippen molar-refractivity contribution < 1.29 is 8.42 Å². The molecule has 1 N–H and O–H groups in total. The van der Waals surface area contributed by atoms with Crippen LogP contribution in [0.25, 0.3) is 0 Å². The summed E-state index contributed by atoms with van der Waals surface area (Å²) in [5.41, 5.74) is 0. The third-order valence-electron chi connectivity index (χ3n) is 2.58. The Morgan fingerprint density at radius 2 is 2.21 bits per heavy atom. The fourth-order valence-corrected chi connectivity index (χ4v) is 6.29. The minimum absolute atomic E-state index is 0.123. The summed E-state index contributed by atoms with van der Waals surface area (Å²) in [6.45, 7) is 3.70. The van der Waals surface area contributed by atoms with Crippen molar-refractivity contribution in [2.75, 3.05) is 0 Å². The van der Waals surface area contributed by atoms with Crippen molar-refractivity contribution in [3.8, 4) is 0 Å². The molecule has 0 saturated heterocycles. The zero-order valence-electron chi connectivity index (χ0n) is 10.5. The molecule has 1 atom stereocenters. The highest BCUT2D eigenvalue weighted by atomic mass is 79.9. The lowest BCUT2D eigenvalue weighted by Gasteiger charge is -2.13. The van der Waals surface area contributed by atoms with E-state index >= 15 is 0 Å². The Labute approximate surface area is 129 Å². The van der Waals surface area contributed by atoms with Gasteiger partial charge in [-0.05, 0) is 53.7 Å². The first-order chi connectivity index (χ1) is 8.88. The summed E-state index contributed by atoms with van der Waals surface area (Å²) in [5.74, 6) is 0. The zero-order chi connectivity index (χ0) is 14.0. The van der Waals surface area contributed by atoms with Gasteiger partial charge in [-0.25, -0.2) is 13.1 Å². The summed E-state index contributed by atoms with van der Waals surface area (Å²) >= 11 is 6.39. The van der Waals surface area contributed by atoms with E-state index in [0.29, 0.717) is 11.3 Å². The van der Waals surface area contributed by atoms with Crippen LogP contribution < -0.4 is 4.72 Å². The molecule has 0 fully saturated rings. The van der Waals surface area contributed by atoms with E-state index in [1.807, 2.05) is 31.4 Å². The molecule has 1 unspecified atom stereocenters. The minimum atomic E-state index is -3.44. The topological polar surface area (TPSA) is 46.2 Å². The summed E-state index contributed by atoms with van der Waals surface area (Å²) in [7, 11) is -3.44. The maximum Gasteiger partial charge on any atom is 0.241 e. The van der Waals surface area contributed by atoms with Crippen molar-refractivity contribution in [2.45, 2.75) is 31.2 Å². The normalized spacial score (nSPS) is 13.6. The fourth-order valence-electron chi connectivity index (χ4n) is 1.80. The van der Waals surface area contributed by atoms with Crippen LogP contribution >= 0.6 is 38.6 Å². The number of sulfonamides is 1. The van der Waals surface area contributed by atoms with Gasteiger partial charge in [0.15, 0.2) is 0 Å². The Morgan fingerprint density at radius 3 is 2.74 bits per heavy atom. The van der Waals surface area contributed by atoms with Gasteiger partial charge < -0.3 is 0 Å². The summed E-state index contributed by atoms with van der Waals surface area (Å²) in [6, 6.07) is 5.52. The molecule has 0 radical (unpaired) electrons. The monoisotopic (exact) mass is 379 g/mol. The average molecular weight is 380 g/mol. The number of hydrogen-bond acceptors (Lipinski definition) is 4. The van der Waals surface area contributed by atoms with Crippen molar-refractivity contribution in [1.82, 2.24) is 4.72 Å². The first-order valence-electron chi connectivity index (χ1n) is 5.69. The molecule has 0 aliphatic carbocycles. The summed E-state index contributed by atoms with van der Waals surface area (Å²) < 4.78 is 28.1. The zero-order valence-corrected chi connectivity index (χ0v) is 14.5. The van der Waals surface area contributed by atoms with Gasteiger partial charge in [-0.15, -0.1) is 22.7 Å². The second-order valence-corrected chi connectivity index (χ2v) is 9.63. The quantitative estimate of drug-likeness (QED) is 0.858. The predicted molar refractivity (Wildman–Crippen MR) is 84.6 cm³/mol. The van der Waals surface area contributed by atoms with Gasteiger partial charge in [0.1, 0.15) is 0 Å². The number of rotatable bonds is 5. The minimum Gasteiger partial charge on any atom is -0.208 e. The Kier molecular flexibility index (Phi) is 4.84. The van der Waals surface area contributed by atoms with Crippen LogP contribution in [-0.4, -0.2) is 14.5 Å². The Bertz CT molecular complexity index is 647. The van der Waals surface area contributed by atoms with E-state index in [1.54, 1.807) is 17.4 Å². The van der Waals surface area contributed by atoms with Crippen LogP contribution in [0.5, 0.6) is 0 Å². The van der Waals surface area contributed by atoms with Crippen LogP contribution in [0, 0.1) is 6.92 Å². The predicted octanol–water partition coefficient (Wildman–Crippen LogP) is 3.79. The van der Waals surface area contributed by atoms with Gasteiger partial charge in [-0.2, -0.15) is 0 Å². The van der Waals surface area contributed by atoms with Gasteiger partial charge in [-0.1, -0.05) is 6.07 Å². The van der Waals surface area contributed by atoms with E-state index in [4.69, 9.17) is 0 Å². The molecule has 0 aliphatic rings. The van der Waals surface area contributed by atoms with E-state index < -0.39 is 10.0 Å². The molecular weight excluding hydrogens is 366 g/mol. The van der Waals surface area contributed by atoms with Crippen LogP contribution in [0.3, 0.4) is 0 Å². The van der Waals surface area contributed by atoms with Crippen LogP contribution in [0.1, 0.15) is 16.7 Å². The van der Waals surface area contributed by atoms with Gasteiger partial charge in [-0.3, -0.25) is 0 Å². The lowest BCUT2D eigenvalue weighted by Crippen LogP contribution is -2.34. The molecule has 7 heteroatoms. The lowest BCUT2D eigenvalue weighted by molar-refractivity contribution is 0.560. The molecule has 104 valence electrons. The van der Waals surface area contributed by atoms with Crippen LogP contribution in [0.2, 0.25) is 0 Å². The summed E-state index contributed by atoms with van der Waals surface area (Å²) in [5, 5.41) is 2.00. The highest BCUT2D eigenvalue weighted by Gasteiger charge is 2.21. The highest BCUT2D eigenvalue weighted by molar-refractivity contribution is 9.11. The third-order valence-corrected chi connectivity index (χ3v) is 6.87. The molecule has 2 aromatic rings. The van der Waals surface area contributed by atoms with Gasteiger partial charge in [0.05, 0.1) is 8.68 Å². The molecule has 0 spiro atoms. The van der Waals surface area contributed by atoms with Crippen LogP contribution in [0.15, 0.2) is 32.3 Å². The van der Waals surface area contributed by atoms with Crippen LogP contribution in [0.4, 0.5) is 0 Å². The number of nitrogens with one attached hydrogen (secondary N) is 1. The maximum absolute atomic E-state index is 12.3. The van der Waals surface area contributed by atoms with E-state index in [-0.39, 0.29) is 6.04 Å². The fraction of sp³-hybridized carbons (Fsp3) is 0.333. The Hall–Kier alpha value is -0.210. The largest absolute Gasteiger partial charge is 0.241 e. The van der Waals surface area contributed by atoms with Gasteiger partial charge in [0.2, 0.25) is 10.0 Å². The molecule has 2 rings (SSSR count). The average Bonchev–Trinajstić information content (AvgIpc) is 2.87. The molecule has 2 heterocycles. The highest BCUT2D eigenvalue weighted by Crippen LogP contribution is 2.29. The van der Waals surface area contributed by atoms with Crippen molar-refractivity contribution >= 4 is 48.6 Å². The Balaban J connectivity index is 2.11. The second kappa shape index (κ2) is 6.05. The standard InChI is InChI=1S/C12H14BrNO2S3/c1-8(6-10-4-3-5-17-10)14-19(15,16)11-7-12(13)18-9(11)2/h3-5,7-8,14H,6H2,1-2H3. The van der Waals surface area contributed by atoms with Gasteiger partial charge in [0, 0.05) is 15.8 Å². The van der Waals surface area contributed by atoms with Crippen molar-refractivity contribution in [2.24, 2.45) is 0 Å². The first-order valence-corrected chi connectivity index (χ1v) is 9.66. The molecule has 3 nitrogen and oxygen atoms in total. The third kappa shape index (κ3) is 3.88. The molecular formula is C12H14BrNO2S3. The molecule has 0 aliphatic heterocycles. The SMILES string of the molecule is Cc1sc(Br)cc1S(=O)(=O)NC(C)Cc1cccs1. The van der Waals surface area contributed by atoms with E-state index in [0.717, 1.165) is 8.66 Å². The molecule has 0 aromatic carbocycles. The van der Waals surface area contributed by atoms with E-state index in [9.17, 15) is 8.42 Å². The molecule has 0 amide bonds. The van der Waals surface area contributed by atoms with Crippen LogP contribution in [-0.2, 0) is 16.4 Å². The number of thiophene rings is 2. The van der Waals surface area contributed by atoms with Crippen molar-refractivity contribution in [3.05, 3.63) is 37.1 Å². The van der Waals surface area contributed by atoms with Gasteiger partial charge in [0.25, 0.3) is 0 Å².